The Balaban J connectivity index is 1.24. The van der Waals surface area contributed by atoms with Crippen molar-refractivity contribution in [3.63, 3.8) is 0 Å². The van der Waals surface area contributed by atoms with Crippen LogP contribution in [0, 0.1) is 0 Å². The van der Waals surface area contributed by atoms with Gasteiger partial charge >= 0.3 is 0 Å². The molecule has 5 rings (SSSR count). The molecule has 0 bridgehead atoms. The summed E-state index contributed by atoms with van der Waals surface area (Å²) in [5.74, 6) is 0. The van der Waals surface area contributed by atoms with Crippen molar-refractivity contribution in [2.75, 3.05) is 19.6 Å². The van der Waals surface area contributed by atoms with Crippen LogP contribution in [0.1, 0.15) is 24.5 Å². The molecular formula is C24H28N4O2. The summed E-state index contributed by atoms with van der Waals surface area (Å²) in [4.78, 5) is 6.69. The molecule has 3 heterocycles. The van der Waals surface area contributed by atoms with Crippen molar-refractivity contribution in [2.24, 2.45) is 7.05 Å². The summed E-state index contributed by atoms with van der Waals surface area (Å²) in [6, 6.07) is 16.2. The van der Waals surface area contributed by atoms with Crippen molar-refractivity contribution in [1.82, 2.24) is 19.0 Å². The molecule has 0 aliphatic carbocycles. The van der Waals surface area contributed by atoms with Crippen LogP contribution in [-0.2, 0) is 13.6 Å². The number of nitrogens with zero attached hydrogens (tertiary/aromatic N) is 4. The van der Waals surface area contributed by atoms with Crippen LogP contribution < -0.4 is 0 Å². The van der Waals surface area contributed by atoms with Gasteiger partial charge in [0.15, 0.2) is 0 Å². The normalized spacial score (nSPS) is 18.2. The Bertz CT molecular complexity index is 1170. The number of benzene rings is 2. The van der Waals surface area contributed by atoms with Crippen molar-refractivity contribution < 1.29 is 10.2 Å². The molecule has 1 fully saturated rings. The predicted octanol–water partition coefficient (Wildman–Crippen LogP) is 3.09. The second-order valence-electron chi connectivity index (χ2n) is 8.61. The van der Waals surface area contributed by atoms with E-state index in [1.54, 1.807) is 0 Å². The second-order valence-corrected chi connectivity index (χ2v) is 8.61. The zero-order chi connectivity index (χ0) is 20.7. The van der Waals surface area contributed by atoms with Crippen LogP contribution in [0.4, 0.5) is 0 Å². The summed E-state index contributed by atoms with van der Waals surface area (Å²) in [5, 5.41) is 23.2. The van der Waals surface area contributed by atoms with E-state index in [0.29, 0.717) is 25.9 Å². The average molecular weight is 405 g/mol. The summed E-state index contributed by atoms with van der Waals surface area (Å²) in [7, 11) is 2.01. The van der Waals surface area contributed by atoms with Gasteiger partial charge in [-0.15, -0.1) is 0 Å². The number of fused-ring (bicyclic) bond motifs is 2. The van der Waals surface area contributed by atoms with Gasteiger partial charge in [0.25, 0.3) is 0 Å². The Hall–Kier alpha value is -2.67. The molecular weight excluding hydrogens is 376 g/mol. The Morgan fingerprint density at radius 3 is 2.53 bits per heavy atom. The van der Waals surface area contributed by atoms with Gasteiger partial charge in [-0.05, 0) is 31.0 Å². The number of likely N-dealkylation sites (tertiary alicyclic amines) is 1. The van der Waals surface area contributed by atoms with Crippen molar-refractivity contribution in [1.29, 1.82) is 0 Å². The molecule has 1 atom stereocenters. The Kier molecular flexibility index (Phi) is 4.85. The molecule has 4 aromatic rings. The Labute approximate surface area is 176 Å². The summed E-state index contributed by atoms with van der Waals surface area (Å²) in [6.45, 7) is 2.67. The maximum absolute atomic E-state index is 11.2. The molecule has 1 unspecified atom stereocenters. The highest BCUT2D eigenvalue weighted by molar-refractivity contribution is 5.84. The molecule has 6 heteroatoms. The summed E-state index contributed by atoms with van der Waals surface area (Å²) in [5.41, 5.74) is 3.37. The third kappa shape index (κ3) is 3.51. The van der Waals surface area contributed by atoms with E-state index in [2.05, 4.69) is 31.2 Å². The van der Waals surface area contributed by atoms with E-state index < -0.39 is 11.7 Å². The highest BCUT2D eigenvalue weighted by Gasteiger charge is 2.34. The van der Waals surface area contributed by atoms with Gasteiger partial charge in [0.2, 0.25) is 0 Å². The maximum Gasteiger partial charge on any atom is 0.0959 e. The number of hydrogen-bond acceptors (Lipinski definition) is 4. The molecule has 0 radical (unpaired) electrons. The smallest absolute Gasteiger partial charge is 0.0959 e. The molecule has 0 amide bonds. The van der Waals surface area contributed by atoms with E-state index >= 15 is 0 Å². The van der Waals surface area contributed by atoms with Crippen LogP contribution in [-0.4, -0.2) is 54.5 Å². The Morgan fingerprint density at radius 2 is 1.73 bits per heavy atom. The first-order valence-corrected chi connectivity index (χ1v) is 10.6. The lowest BCUT2D eigenvalue weighted by Gasteiger charge is -2.39. The lowest BCUT2D eigenvalue weighted by molar-refractivity contribution is -0.0407. The number of aromatic nitrogens is 3. The van der Waals surface area contributed by atoms with Crippen molar-refractivity contribution in [3.8, 4) is 0 Å². The van der Waals surface area contributed by atoms with Crippen molar-refractivity contribution in [3.05, 3.63) is 66.6 Å². The number of aliphatic hydroxyl groups is 2. The number of aryl methyl sites for hydroxylation is 1. The number of hydrogen-bond donors (Lipinski definition) is 2. The number of imidazole rings is 1. The van der Waals surface area contributed by atoms with Crippen molar-refractivity contribution >= 4 is 21.9 Å². The van der Waals surface area contributed by atoms with E-state index in [0.717, 1.165) is 40.6 Å². The van der Waals surface area contributed by atoms with Crippen LogP contribution in [0.25, 0.3) is 21.9 Å². The highest BCUT2D eigenvalue weighted by Crippen LogP contribution is 2.30. The fourth-order valence-corrected chi connectivity index (χ4v) is 4.74. The number of aliphatic hydroxyl groups excluding tert-OH is 1. The van der Waals surface area contributed by atoms with Gasteiger partial charge in [-0.3, -0.25) is 0 Å². The van der Waals surface area contributed by atoms with Gasteiger partial charge in [0, 0.05) is 49.3 Å². The first-order valence-electron chi connectivity index (χ1n) is 10.6. The number of para-hydroxylation sites is 3. The summed E-state index contributed by atoms with van der Waals surface area (Å²) < 4.78 is 4.12. The molecule has 1 aliphatic heterocycles. The zero-order valence-corrected chi connectivity index (χ0v) is 17.3. The van der Waals surface area contributed by atoms with E-state index in [1.165, 1.54) is 0 Å². The standard InChI is InChI=1S/C24H28N4O2/c1-26-14-19(18-6-2-4-8-21(18)26)23(29)15-27-12-10-24(30,11-13-27)16-28-17-25-20-7-3-5-9-22(20)28/h2-9,14,17,23,29-30H,10-13,15-16H2,1H3. The molecule has 156 valence electrons. The molecule has 0 saturated carbocycles. The van der Waals surface area contributed by atoms with E-state index in [1.807, 2.05) is 56.0 Å². The topological polar surface area (TPSA) is 66.4 Å². The summed E-state index contributed by atoms with van der Waals surface area (Å²) >= 11 is 0. The molecule has 1 saturated heterocycles. The van der Waals surface area contributed by atoms with Gasteiger partial charge in [-0.2, -0.15) is 0 Å². The first kappa shape index (κ1) is 19.3. The quantitative estimate of drug-likeness (QED) is 0.537. The van der Waals surface area contributed by atoms with Crippen LogP contribution in [0.3, 0.4) is 0 Å². The zero-order valence-electron chi connectivity index (χ0n) is 17.3. The predicted molar refractivity (Wildman–Crippen MR) is 118 cm³/mol. The largest absolute Gasteiger partial charge is 0.388 e. The van der Waals surface area contributed by atoms with Gasteiger partial charge < -0.3 is 24.2 Å². The average Bonchev–Trinajstić information content (AvgIpc) is 3.31. The van der Waals surface area contributed by atoms with Crippen LogP contribution in [0.5, 0.6) is 0 Å². The fourth-order valence-electron chi connectivity index (χ4n) is 4.74. The molecule has 1 aliphatic rings. The number of β-amino-alcohol motifs (C(OH)–C–C–N with tert-alkyl or cyclic N) is 1. The first-order chi connectivity index (χ1) is 14.5. The molecule has 0 spiro atoms. The van der Waals surface area contributed by atoms with E-state index in [-0.39, 0.29) is 0 Å². The van der Waals surface area contributed by atoms with Gasteiger partial charge in [0.1, 0.15) is 0 Å². The molecule has 2 aromatic heterocycles. The lowest BCUT2D eigenvalue weighted by atomic mass is 9.91. The maximum atomic E-state index is 11.2. The minimum absolute atomic E-state index is 0.542. The SMILES string of the molecule is Cn1cc(C(O)CN2CCC(O)(Cn3cnc4ccccc43)CC2)c2ccccc21. The third-order valence-electron chi connectivity index (χ3n) is 6.50. The van der Waals surface area contributed by atoms with Gasteiger partial charge in [-0.25, -0.2) is 4.98 Å². The highest BCUT2D eigenvalue weighted by atomic mass is 16.3. The Morgan fingerprint density at radius 1 is 1.03 bits per heavy atom. The monoisotopic (exact) mass is 404 g/mol. The van der Waals surface area contributed by atoms with Crippen LogP contribution in [0.2, 0.25) is 0 Å². The lowest BCUT2D eigenvalue weighted by Crippen LogP contribution is -2.47. The molecule has 2 aromatic carbocycles. The summed E-state index contributed by atoms with van der Waals surface area (Å²) in [6.07, 6.45) is 4.67. The molecule has 30 heavy (non-hydrogen) atoms. The third-order valence-corrected chi connectivity index (χ3v) is 6.50. The number of piperidine rings is 1. The second kappa shape index (κ2) is 7.54. The minimum atomic E-state index is -0.746. The van der Waals surface area contributed by atoms with E-state index in [4.69, 9.17) is 0 Å². The minimum Gasteiger partial charge on any atom is -0.388 e. The number of rotatable bonds is 5. The molecule has 2 N–H and O–H groups in total. The van der Waals surface area contributed by atoms with Crippen molar-refractivity contribution in [2.45, 2.75) is 31.1 Å². The van der Waals surface area contributed by atoms with Gasteiger partial charge in [0.05, 0.1) is 35.6 Å². The fraction of sp³-hybridized carbons (Fsp3) is 0.375. The van der Waals surface area contributed by atoms with Crippen LogP contribution in [0.15, 0.2) is 61.1 Å². The van der Waals surface area contributed by atoms with E-state index in [9.17, 15) is 10.2 Å². The van der Waals surface area contributed by atoms with Gasteiger partial charge in [-0.1, -0.05) is 30.3 Å². The molecule has 6 nitrogen and oxygen atoms in total. The van der Waals surface area contributed by atoms with Crippen LogP contribution >= 0.6 is 0 Å².